The van der Waals surface area contributed by atoms with Crippen LogP contribution in [-0.4, -0.2) is 67.7 Å². The molecule has 14 nitrogen and oxygen atoms in total. The van der Waals surface area contributed by atoms with Crippen molar-refractivity contribution in [3.63, 3.8) is 0 Å². The maximum absolute atomic E-state index is 10.8. The Bertz CT molecular complexity index is 3640. The lowest BCUT2D eigenvalue weighted by Gasteiger charge is -2.15. The number of nitrogens with one attached hydrogen (secondary N) is 3. The van der Waals surface area contributed by atoms with E-state index in [-0.39, 0.29) is 6.10 Å². The quantitative estimate of drug-likeness (QED) is 0.0944. The van der Waals surface area contributed by atoms with E-state index in [4.69, 9.17) is 39.5 Å². The third kappa shape index (κ3) is 10.3. The Morgan fingerprint density at radius 1 is 0.611 bits per heavy atom. The highest BCUT2D eigenvalue weighted by atomic mass is 35.5. The van der Waals surface area contributed by atoms with E-state index < -0.39 is 0 Å². The minimum absolute atomic E-state index is 0.331. The molecule has 0 radical (unpaired) electrons. The molecule has 3 aromatic carbocycles. The van der Waals surface area contributed by atoms with Gasteiger partial charge in [0.25, 0.3) is 5.82 Å². The fourth-order valence-electron chi connectivity index (χ4n) is 8.17. The van der Waals surface area contributed by atoms with Crippen molar-refractivity contribution in [1.29, 1.82) is 0 Å². The van der Waals surface area contributed by atoms with Crippen LogP contribution in [0.25, 0.3) is 45.2 Å². The molecular weight excluding hydrogens is 967 g/mol. The van der Waals surface area contributed by atoms with Crippen LogP contribution in [0.2, 0.25) is 15.5 Å². The molecule has 0 amide bonds. The number of aryl methyl sites for hydroxylation is 3. The lowest BCUT2D eigenvalue weighted by molar-refractivity contribution is 0.112. The second-order valence-corrected chi connectivity index (χ2v) is 17.4. The number of nitrogens with zero attached hydrogens (tertiary/aromatic N) is 9. The first kappa shape index (κ1) is 48.8. The smallest absolute Gasteiger partial charge is 0.293 e. The Kier molecular flexibility index (Phi) is 15.1. The predicted molar refractivity (Wildman–Crippen MR) is 285 cm³/mol. The van der Waals surface area contributed by atoms with Crippen LogP contribution in [0.3, 0.4) is 0 Å². The Labute approximate surface area is 429 Å². The van der Waals surface area contributed by atoms with Crippen LogP contribution in [0.15, 0.2) is 158 Å². The zero-order chi connectivity index (χ0) is 50.1. The van der Waals surface area contributed by atoms with Gasteiger partial charge >= 0.3 is 0 Å². The normalized spacial score (nSPS) is 11.6. The van der Waals surface area contributed by atoms with Crippen LogP contribution in [-0.2, 0) is 11.2 Å². The monoisotopic (exact) mass is 1010 g/mol. The lowest BCUT2D eigenvalue weighted by atomic mass is 10.0. The molecule has 9 heterocycles. The van der Waals surface area contributed by atoms with Gasteiger partial charge in [0.1, 0.15) is 45.1 Å². The number of aromatic nitrogens is 11. The molecule has 0 bridgehead atoms. The van der Waals surface area contributed by atoms with Crippen molar-refractivity contribution in [1.82, 2.24) is 54.3 Å². The van der Waals surface area contributed by atoms with Gasteiger partial charge in [-0.05, 0) is 93.1 Å². The number of fused-ring (bicyclic) bond motifs is 3. The first-order valence-corrected chi connectivity index (χ1v) is 23.8. The minimum Gasteiger partial charge on any atom is -0.372 e. The van der Waals surface area contributed by atoms with Crippen molar-refractivity contribution in [2.24, 2.45) is 0 Å². The summed E-state index contributed by atoms with van der Waals surface area (Å²) in [4.78, 5) is 29.9. The number of methoxy groups -OCH3 is 1. The van der Waals surface area contributed by atoms with Crippen molar-refractivity contribution in [2.45, 2.75) is 33.3 Å². The van der Waals surface area contributed by atoms with Gasteiger partial charge in [-0.25, -0.2) is 24.0 Å². The number of aldehydes is 1. The van der Waals surface area contributed by atoms with Crippen molar-refractivity contribution < 1.29 is 9.53 Å². The lowest BCUT2D eigenvalue weighted by Crippen LogP contribution is -2.05. The summed E-state index contributed by atoms with van der Waals surface area (Å²) in [6, 6.07) is 41.1. The number of carbonyl (C=O) groups is 1. The van der Waals surface area contributed by atoms with Gasteiger partial charge in [0, 0.05) is 78.0 Å². The molecule has 3 N–H and O–H groups in total. The first-order chi connectivity index (χ1) is 35.1. The van der Waals surface area contributed by atoms with Crippen molar-refractivity contribution in [2.75, 3.05) is 12.4 Å². The average Bonchev–Trinajstić information content (AvgIpc) is 4.30. The van der Waals surface area contributed by atoms with Crippen molar-refractivity contribution >= 4 is 75.0 Å². The molecule has 8 aromatic heterocycles. The largest absolute Gasteiger partial charge is 0.372 e. The van der Waals surface area contributed by atoms with Gasteiger partial charge in [-0.15, -0.1) is 0 Å². The molecule has 17 heteroatoms. The van der Waals surface area contributed by atoms with Crippen LogP contribution >= 0.6 is 34.8 Å². The molecule has 1 atom stereocenters. The van der Waals surface area contributed by atoms with Crippen molar-refractivity contribution in [3.05, 3.63) is 230 Å². The van der Waals surface area contributed by atoms with Crippen LogP contribution in [0, 0.1) is 27.0 Å². The highest BCUT2D eigenvalue weighted by molar-refractivity contribution is 6.32. The maximum Gasteiger partial charge on any atom is 0.293 e. The van der Waals surface area contributed by atoms with Gasteiger partial charge in [0.05, 0.1) is 39.7 Å². The fourth-order valence-corrected chi connectivity index (χ4v) is 9.20. The highest BCUT2D eigenvalue weighted by Crippen LogP contribution is 2.37. The zero-order valence-electron chi connectivity index (χ0n) is 39.4. The second-order valence-electron chi connectivity index (χ2n) is 16.3. The Morgan fingerprint density at radius 2 is 1.14 bits per heavy atom. The molecule has 11 aromatic rings. The third-order valence-electron chi connectivity index (χ3n) is 11.8. The first-order valence-electron chi connectivity index (χ1n) is 22.7. The van der Waals surface area contributed by atoms with Gasteiger partial charge < -0.3 is 14.7 Å². The molecule has 1 aliphatic heterocycles. The van der Waals surface area contributed by atoms with Gasteiger partial charge in [0.2, 0.25) is 0 Å². The zero-order valence-corrected chi connectivity index (χ0v) is 41.7. The number of anilines is 1. The summed E-state index contributed by atoms with van der Waals surface area (Å²) in [6.45, 7) is 5.70. The molecular formula is C55H46Cl3N12O2+. The molecule has 0 fully saturated rings. The third-order valence-corrected chi connectivity index (χ3v) is 12.9. The number of pyridine rings is 3. The van der Waals surface area contributed by atoms with Gasteiger partial charge in [-0.3, -0.25) is 4.79 Å². The molecule has 358 valence electrons. The van der Waals surface area contributed by atoms with Crippen LogP contribution in [0.1, 0.15) is 61.4 Å². The van der Waals surface area contributed by atoms with Gasteiger partial charge in [-0.1, -0.05) is 89.4 Å². The number of benzene rings is 3. The Morgan fingerprint density at radius 3 is 1.74 bits per heavy atom. The van der Waals surface area contributed by atoms with E-state index >= 15 is 0 Å². The number of hydrogen-bond donors (Lipinski definition) is 3. The molecule has 0 saturated heterocycles. The molecule has 1 aliphatic rings. The Balaban J connectivity index is 0.000000125. The Hall–Kier alpha value is -8.23. The summed E-state index contributed by atoms with van der Waals surface area (Å²) in [6.07, 6.45) is 15.1. The number of rotatable bonds is 9. The number of para-hydroxylation sites is 3. The molecule has 12 rings (SSSR count). The van der Waals surface area contributed by atoms with Crippen LogP contribution in [0.5, 0.6) is 0 Å². The average molecular weight is 1010 g/mol. The van der Waals surface area contributed by atoms with E-state index in [9.17, 15) is 4.79 Å². The van der Waals surface area contributed by atoms with Crippen LogP contribution in [0.4, 0.5) is 5.82 Å². The molecule has 1 unspecified atom stereocenters. The predicted octanol–water partition coefficient (Wildman–Crippen LogP) is 12.7. The van der Waals surface area contributed by atoms with E-state index in [0.717, 1.165) is 91.3 Å². The van der Waals surface area contributed by atoms with E-state index in [0.29, 0.717) is 26.7 Å². The standard InChI is InChI=1S/C19H17ClN4O.C18H15ClN4.C11H9ClN2O.C7H5N2/c1-12-16(18(20)24(23-12)13-7-4-3-5-8-13)17(25-2)15-11-22-19-14(15)9-6-10-21-19;1-12-16(10-13-11-21-18-15(13)8-5-9-20-18)17(19)23(22-12)14-6-3-2-4-7-14;1-8-10(7-15)11(12)14(13-8)9-5-3-2-4-6-9;1-2-6-3-5-9-7(6)8-4-1/h3-11,17H,1-2H3,(H,21,22);2-9,11H,10H2,1H3,(H,20,21);2-7H,1H3;1-4H,(H,8,9)/q;;;+1. The van der Waals surface area contributed by atoms with Crippen LogP contribution < -0.4 is 5.32 Å². The number of aromatic amines is 2. The summed E-state index contributed by atoms with van der Waals surface area (Å²) in [5.74, 6) is 0.900. The van der Waals surface area contributed by atoms with E-state index in [2.05, 4.69) is 57.8 Å². The molecule has 72 heavy (non-hydrogen) atoms. The van der Waals surface area contributed by atoms with E-state index in [1.165, 1.54) is 5.56 Å². The summed E-state index contributed by atoms with van der Waals surface area (Å²) in [5, 5.41) is 20.0. The molecule has 0 aliphatic carbocycles. The summed E-state index contributed by atoms with van der Waals surface area (Å²) >= 11 is 19.3. The second kappa shape index (κ2) is 22.2. The van der Waals surface area contributed by atoms with Gasteiger partial charge in [-0.2, -0.15) is 25.6 Å². The van der Waals surface area contributed by atoms with Crippen molar-refractivity contribution in [3.8, 4) is 17.1 Å². The maximum atomic E-state index is 10.8. The minimum atomic E-state index is -0.331. The molecule has 0 spiro atoms. The summed E-state index contributed by atoms with van der Waals surface area (Å²) in [5.41, 5.74) is 12.5. The number of halogens is 3. The van der Waals surface area contributed by atoms with E-state index in [1.54, 1.807) is 46.7 Å². The number of H-pyrrole nitrogens is 2. The number of hydrogen-bond acceptors (Lipinski definition) is 9. The van der Waals surface area contributed by atoms with Gasteiger partial charge in [0.15, 0.2) is 11.8 Å². The van der Waals surface area contributed by atoms with E-state index in [1.807, 2.05) is 154 Å². The molecule has 0 saturated carbocycles. The SMILES string of the molecule is COC(c1c(C)nn(-c2ccccc2)c1Cl)c1c[nH]c2ncccc12.Cc1nn(-c2ccccc2)c(Cl)c1C=O.Cc1nn(-c2ccccc2)c(Cl)c1Cc1c[nH]c2ncccc12.[C+]1=Cc2cccnc2N1. The number of ether oxygens (including phenoxy) is 1. The summed E-state index contributed by atoms with van der Waals surface area (Å²) in [7, 11) is 1.68. The fraction of sp³-hybridized carbons (Fsp3) is 0.109. The highest BCUT2D eigenvalue weighted by Gasteiger charge is 2.27. The number of carbonyl (C=O) groups excluding carboxylic acids is 1. The summed E-state index contributed by atoms with van der Waals surface area (Å²) < 4.78 is 10.9. The topological polar surface area (TPSA) is 162 Å².